The van der Waals surface area contributed by atoms with Crippen LogP contribution in [0.15, 0.2) is 36.5 Å². The van der Waals surface area contributed by atoms with Gasteiger partial charge in [-0.05, 0) is 45.9 Å². The summed E-state index contributed by atoms with van der Waals surface area (Å²) in [6.07, 6.45) is 1.37. The topological polar surface area (TPSA) is 47.2 Å². The highest BCUT2D eigenvalue weighted by atomic mass is 16.5. The van der Waals surface area contributed by atoms with Gasteiger partial charge in [0.05, 0.1) is 0 Å². The van der Waals surface area contributed by atoms with Gasteiger partial charge in [0, 0.05) is 24.7 Å². The van der Waals surface area contributed by atoms with E-state index in [0.717, 1.165) is 21.4 Å². The fraction of sp³-hybridized carbons (Fsp3) is 0.333. The summed E-state index contributed by atoms with van der Waals surface area (Å²) in [5.41, 5.74) is 4.07. The molecule has 0 spiro atoms. The Morgan fingerprint density at radius 2 is 1.68 bits per heavy atom. The fourth-order valence-electron chi connectivity index (χ4n) is 2.65. The lowest BCUT2D eigenvalue weighted by Crippen LogP contribution is -2.35. The SMILES string of the molecule is CCN(CC)C(=O)c1ccc(-c2cc(C)cc(C)c2)[n+]([O-])c1. The third kappa shape index (κ3) is 3.27. The maximum absolute atomic E-state index is 12.3. The van der Waals surface area contributed by atoms with Crippen LogP contribution in [0.2, 0.25) is 0 Å². The molecule has 0 saturated heterocycles. The van der Waals surface area contributed by atoms with Crippen molar-refractivity contribution in [1.82, 2.24) is 4.90 Å². The number of benzene rings is 1. The van der Waals surface area contributed by atoms with Crippen molar-refractivity contribution in [2.24, 2.45) is 0 Å². The van der Waals surface area contributed by atoms with Crippen LogP contribution < -0.4 is 4.73 Å². The van der Waals surface area contributed by atoms with Gasteiger partial charge >= 0.3 is 0 Å². The molecule has 1 heterocycles. The van der Waals surface area contributed by atoms with Crippen LogP contribution in [0, 0.1) is 19.1 Å². The third-order valence-corrected chi connectivity index (χ3v) is 3.73. The lowest BCUT2D eigenvalue weighted by atomic mass is 10.0. The molecule has 1 aromatic heterocycles. The second-order valence-electron chi connectivity index (χ2n) is 5.48. The molecule has 4 heteroatoms. The second kappa shape index (κ2) is 6.60. The Bertz CT molecular complexity index is 671. The first-order chi connectivity index (χ1) is 10.5. The van der Waals surface area contributed by atoms with Gasteiger partial charge < -0.3 is 10.1 Å². The van der Waals surface area contributed by atoms with E-state index in [0.29, 0.717) is 24.3 Å². The van der Waals surface area contributed by atoms with Gasteiger partial charge in [-0.3, -0.25) is 4.79 Å². The number of hydrogen-bond acceptors (Lipinski definition) is 2. The van der Waals surface area contributed by atoms with E-state index in [4.69, 9.17) is 0 Å². The molecule has 116 valence electrons. The number of aromatic nitrogens is 1. The first-order valence-corrected chi connectivity index (χ1v) is 7.57. The van der Waals surface area contributed by atoms with Crippen LogP contribution in [0.4, 0.5) is 0 Å². The monoisotopic (exact) mass is 298 g/mol. The summed E-state index contributed by atoms with van der Waals surface area (Å²) in [7, 11) is 0. The van der Waals surface area contributed by atoms with Crippen molar-refractivity contribution in [2.75, 3.05) is 13.1 Å². The fourth-order valence-corrected chi connectivity index (χ4v) is 2.65. The molecular formula is C18H22N2O2. The minimum absolute atomic E-state index is 0.110. The Labute approximate surface area is 131 Å². The Kier molecular flexibility index (Phi) is 4.81. The van der Waals surface area contributed by atoms with Crippen LogP contribution in [0.3, 0.4) is 0 Å². The summed E-state index contributed by atoms with van der Waals surface area (Å²) < 4.78 is 0.783. The van der Waals surface area contributed by atoms with Crippen molar-refractivity contribution in [3.8, 4) is 11.3 Å². The Morgan fingerprint density at radius 1 is 1.09 bits per heavy atom. The van der Waals surface area contributed by atoms with Gasteiger partial charge in [0.15, 0.2) is 6.20 Å². The summed E-state index contributed by atoms with van der Waals surface area (Å²) in [4.78, 5) is 14.0. The maximum atomic E-state index is 12.3. The van der Waals surface area contributed by atoms with Gasteiger partial charge in [0.2, 0.25) is 5.69 Å². The molecule has 22 heavy (non-hydrogen) atoms. The van der Waals surface area contributed by atoms with Crippen molar-refractivity contribution in [2.45, 2.75) is 27.7 Å². The van der Waals surface area contributed by atoms with Crippen molar-refractivity contribution in [1.29, 1.82) is 0 Å². The van der Waals surface area contributed by atoms with Gasteiger partial charge in [0.25, 0.3) is 5.91 Å². The van der Waals surface area contributed by atoms with Crippen molar-refractivity contribution < 1.29 is 9.52 Å². The van der Waals surface area contributed by atoms with E-state index in [1.807, 2.05) is 39.8 Å². The van der Waals surface area contributed by atoms with Gasteiger partial charge in [-0.2, -0.15) is 4.73 Å². The summed E-state index contributed by atoms with van der Waals surface area (Å²) in [5, 5.41) is 12.3. The Balaban J connectivity index is 2.40. The highest BCUT2D eigenvalue weighted by molar-refractivity contribution is 5.93. The minimum Gasteiger partial charge on any atom is -0.618 e. The van der Waals surface area contributed by atoms with E-state index in [1.54, 1.807) is 17.0 Å². The predicted octanol–water partition coefficient (Wildman–Crippen LogP) is 3.09. The molecule has 0 N–H and O–H groups in total. The molecule has 2 aromatic rings. The zero-order chi connectivity index (χ0) is 16.3. The first-order valence-electron chi connectivity index (χ1n) is 7.57. The lowest BCUT2D eigenvalue weighted by molar-refractivity contribution is -0.593. The van der Waals surface area contributed by atoms with Crippen LogP contribution in [0.1, 0.15) is 35.3 Å². The summed E-state index contributed by atoms with van der Waals surface area (Å²) in [6.45, 7) is 9.13. The van der Waals surface area contributed by atoms with E-state index >= 15 is 0 Å². The third-order valence-electron chi connectivity index (χ3n) is 3.73. The largest absolute Gasteiger partial charge is 0.618 e. The minimum atomic E-state index is -0.110. The molecule has 0 atom stereocenters. The van der Waals surface area contributed by atoms with Gasteiger partial charge in [-0.15, -0.1) is 0 Å². The van der Waals surface area contributed by atoms with Gasteiger partial charge in [-0.1, -0.05) is 17.2 Å². The molecule has 0 bridgehead atoms. The number of amides is 1. The smallest absolute Gasteiger partial charge is 0.259 e. The van der Waals surface area contributed by atoms with E-state index in [2.05, 4.69) is 6.07 Å². The molecule has 0 aliphatic heterocycles. The number of aryl methyl sites for hydroxylation is 2. The molecule has 0 saturated carbocycles. The molecule has 0 fully saturated rings. The predicted molar refractivity (Wildman–Crippen MR) is 87.6 cm³/mol. The van der Waals surface area contributed by atoms with Crippen LogP contribution in [-0.2, 0) is 0 Å². The zero-order valence-corrected chi connectivity index (χ0v) is 13.6. The standard InChI is InChI=1S/C18H22N2O2/c1-5-19(6-2)18(21)15-7-8-17(20(22)12-15)16-10-13(3)9-14(4)11-16/h7-12H,5-6H2,1-4H3. The lowest BCUT2D eigenvalue weighted by Gasteiger charge is -2.18. The molecule has 0 aliphatic carbocycles. The number of rotatable bonds is 4. The van der Waals surface area contributed by atoms with Crippen LogP contribution in [-0.4, -0.2) is 23.9 Å². The molecule has 4 nitrogen and oxygen atoms in total. The summed E-state index contributed by atoms with van der Waals surface area (Å²) >= 11 is 0. The Hall–Kier alpha value is -2.36. The molecule has 0 aliphatic rings. The zero-order valence-electron chi connectivity index (χ0n) is 13.6. The highest BCUT2D eigenvalue weighted by Gasteiger charge is 2.17. The molecular weight excluding hydrogens is 276 g/mol. The normalized spacial score (nSPS) is 10.5. The van der Waals surface area contributed by atoms with Gasteiger partial charge in [-0.25, -0.2) is 0 Å². The van der Waals surface area contributed by atoms with Crippen molar-refractivity contribution >= 4 is 5.91 Å². The second-order valence-corrected chi connectivity index (χ2v) is 5.48. The number of carbonyl (C=O) groups is 1. The molecule has 2 rings (SSSR count). The first kappa shape index (κ1) is 16.0. The maximum Gasteiger partial charge on any atom is 0.259 e. The quantitative estimate of drug-likeness (QED) is 0.643. The van der Waals surface area contributed by atoms with E-state index in [9.17, 15) is 10.0 Å². The number of nitrogens with zero attached hydrogens (tertiary/aromatic N) is 2. The Morgan fingerprint density at radius 3 is 2.18 bits per heavy atom. The number of hydrogen-bond donors (Lipinski definition) is 0. The van der Waals surface area contributed by atoms with Crippen molar-refractivity contribution in [3.63, 3.8) is 0 Å². The van der Waals surface area contributed by atoms with Crippen LogP contribution in [0.25, 0.3) is 11.3 Å². The molecule has 0 radical (unpaired) electrons. The van der Waals surface area contributed by atoms with E-state index in [1.165, 1.54) is 6.20 Å². The van der Waals surface area contributed by atoms with Crippen molar-refractivity contribution in [3.05, 3.63) is 58.4 Å². The molecule has 1 amide bonds. The van der Waals surface area contributed by atoms with E-state index < -0.39 is 0 Å². The molecule has 0 unspecified atom stereocenters. The van der Waals surface area contributed by atoms with Crippen LogP contribution >= 0.6 is 0 Å². The van der Waals surface area contributed by atoms with Gasteiger partial charge in [0.1, 0.15) is 5.56 Å². The molecule has 1 aromatic carbocycles. The average molecular weight is 298 g/mol. The van der Waals surface area contributed by atoms with E-state index in [-0.39, 0.29) is 5.91 Å². The summed E-state index contributed by atoms with van der Waals surface area (Å²) in [6, 6.07) is 9.46. The number of pyridine rings is 1. The summed E-state index contributed by atoms with van der Waals surface area (Å²) in [5.74, 6) is -0.110. The number of carbonyl (C=O) groups excluding carboxylic acids is 1. The highest BCUT2D eigenvalue weighted by Crippen LogP contribution is 2.19. The average Bonchev–Trinajstić information content (AvgIpc) is 2.47. The van der Waals surface area contributed by atoms with Crippen LogP contribution in [0.5, 0.6) is 0 Å².